The summed E-state index contributed by atoms with van der Waals surface area (Å²) in [5.41, 5.74) is 0. The number of hydrogen-bond acceptors (Lipinski definition) is 4. The minimum absolute atomic E-state index is 0.352. The molecular weight excluding hydrogens is 166 g/mol. The van der Waals surface area contributed by atoms with Crippen molar-refractivity contribution in [1.82, 2.24) is 25.5 Å². The van der Waals surface area contributed by atoms with E-state index in [4.69, 9.17) is 0 Å². The third kappa shape index (κ3) is 1.56. The number of aromatic nitrogens is 4. The van der Waals surface area contributed by atoms with Crippen LogP contribution in [0.4, 0.5) is 0 Å². The van der Waals surface area contributed by atoms with Crippen LogP contribution in [0, 0.1) is 0 Å². The largest absolute Gasteiger partial charge is 0.316 e. The monoisotopic (exact) mass is 181 g/mol. The van der Waals surface area contributed by atoms with E-state index in [1.165, 1.54) is 0 Å². The van der Waals surface area contributed by atoms with Crippen LogP contribution in [-0.4, -0.2) is 33.3 Å². The highest BCUT2D eigenvalue weighted by Gasteiger charge is 2.23. The molecule has 5 nitrogen and oxygen atoms in total. The lowest BCUT2D eigenvalue weighted by atomic mass is 10.1. The molecule has 1 fully saturated rings. The van der Waals surface area contributed by atoms with Crippen LogP contribution in [0.3, 0.4) is 0 Å². The summed E-state index contributed by atoms with van der Waals surface area (Å²) in [4.78, 5) is 0. The Bertz CT molecular complexity index is 274. The van der Waals surface area contributed by atoms with Crippen LogP contribution in [0.15, 0.2) is 0 Å². The molecule has 1 aromatic rings. The van der Waals surface area contributed by atoms with E-state index in [0.29, 0.717) is 12.0 Å². The molecular formula is C8H15N5. The summed E-state index contributed by atoms with van der Waals surface area (Å²) in [6, 6.07) is 0.352. The van der Waals surface area contributed by atoms with Gasteiger partial charge in [0.2, 0.25) is 0 Å². The smallest absolute Gasteiger partial charge is 0.155 e. The zero-order valence-corrected chi connectivity index (χ0v) is 8.06. The maximum absolute atomic E-state index is 4.08. The molecule has 72 valence electrons. The van der Waals surface area contributed by atoms with Crippen molar-refractivity contribution in [3.8, 4) is 0 Å². The van der Waals surface area contributed by atoms with Gasteiger partial charge in [0.25, 0.3) is 0 Å². The highest BCUT2D eigenvalue weighted by Crippen LogP contribution is 2.21. The average Bonchev–Trinajstić information content (AvgIpc) is 2.74. The summed E-state index contributed by atoms with van der Waals surface area (Å²) >= 11 is 0. The van der Waals surface area contributed by atoms with E-state index in [9.17, 15) is 0 Å². The Morgan fingerprint density at radius 1 is 1.54 bits per heavy atom. The molecule has 2 heterocycles. The topological polar surface area (TPSA) is 55.6 Å². The Balaban J connectivity index is 2.23. The first kappa shape index (κ1) is 8.62. The lowest BCUT2D eigenvalue weighted by molar-refractivity contribution is 0.476. The molecule has 1 N–H and O–H groups in total. The molecule has 0 saturated carbocycles. The summed E-state index contributed by atoms with van der Waals surface area (Å²) in [5.74, 6) is 1.53. The first-order valence-electron chi connectivity index (χ1n) is 4.77. The lowest BCUT2D eigenvalue weighted by Gasteiger charge is -2.11. The molecule has 13 heavy (non-hydrogen) atoms. The fraction of sp³-hybridized carbons (Fsp3) is 0.875. The SMILES string of the molecule is CC(C)n1nnnc1C1CCNC1. The molecule has 0 radical (unpaired) electrons. The van der Waals surface area contributed by atoms with E-state index in [2.05, 4.69) is 34.7 Å². The predicted molar refractivity (Wildman–Crippen MR) is 48.4 cm³/mol. The quantitative estimate of drug-likeness (QED) is 0.714. The van der Waals surface area contributed by atoms with Crippen molar-refractivity contribution >= 4 is 0 Å². The van der Waals surface area contributed by atoms with Crippen LogP contribution in [0.1, 0.15) is 38.1 Å². The van der Waals surface area contributed by atoms with Crippen LogP contribution in [0.25, 0.3) is 0 Å². The van der Waals surface area contributed by atoms with E-state index in [0.717, 1.165) is 25.3 Å². The van der Waals surface area contributed by atoms with Gasteiger partial charge in [-0.05, 0) is 37.2 Å². The normalized spacial score (nSPS) is 22.8. The van der Waals surface area contributed by atoms with Gasteiger partial charge in [0.05, 0.1) is 6.04 Å². The van der Waals surface area contributed by atoms with Crippen molar-refractivity contribution in [2.45, 2.75) is 32.2 Å². The van der Waals surface area contributed by atoms with E-state index in [1.807, 2.05) is 4.68 Å². The second-order valence-electron chi connectivity index (χ2n) is 3.77. The molecule has 1 aromatic heterocycles. The van der Waals surface area contributed by atoms with Crippen molar-refractivity contribution in [1.29, 1.82) is 0 Å². The summed E-state index contributed by atoms with van der Waals surface area (Å²) in [6.07, 6.45) is 1.15. The van der Waals surface area contributed by atoms with Gasteiger partial charge in [-0.2, -0.15) is 0 Å². The van der Waals surface area contributed by atoms with Gasteiger partial charge in [0.1, 0.15) is 0 Å². The Kier molecular flexibility index (Phi) is 2.26. The number of nitrogens with zero attached hydrogens (tertiary/aromatic N) is 4. The minimum atomic E-state index is 0.352. The number of nitrogens with one attached hydrogen (secondary N) is 1. The molecule has 1 aliphatic heterocycles. The number of rotatable bonds is 2. The van der Waals surface area contributed by atoms with Gasteiger partial charge in [-0.3, -0.25) is 0 Å². The summed E-state index contributed by atoms with van der Waals surface area (Å²) < 4.78 is 1.91. The second-order valence-corrected chi connectivity index (χ2v) is 3.77. The molecule has 0 aromatic carbocycles. The van der Waals surface area contributed by atoms with Crippen molar-refractivity contribution < 1.29 is 0 Å². The van der Waals surface area contributed by atoms with Crippen LogP contribution in [0.2, 0.25) is 0 Å². The van der Waals surface area contributed by atoms with Crippen molar-refractivity contribution in [2.24, 2.45) is 0 Å². The fourth-order valence-electron chi connectivity index (χ4n) is 1.71. The average molecular weight is 181 g/mol. The van der Waals surface area contributed by atoms with Gasteiger partial charge in [0, 0.05) is 12.5 Å². The van der Waals surface area contributed by atoms with Crippen LogP contribution >= 0.6 is 0 Å². The Morgan fingerprint density at radius 2 is 2.38 bits per heavy atom. The Hall–Kier alpha value is -0.970. The van der Waals surface area contributed by atoms with Gasteiger partial charge in [-0.1, -0.05) is 0 Å². The maximum atomic E-state index is 4.08. The fourth-order valence-corrected chi connectivity index (χ4v) is 1.71. The first-order chi connectivity index (χ1) is 6.29. The minimum Gasteiger partial charge on any atom is -0.316 e. The Labute approximate surface area is 77.5 Å². The van der Waals surface area contributed by atoms with Crippen molar-refractivity contribution in [2.75, 3.05) is 13.1 Å². The van der Waals surface area contributed by atoms with Crippen molar-refractivity contribution in [3.05, 3.63) is 5.82 Å². The summed E-state index contributed by atoms with van der Waals surface area (Å²) in [5, 5.41) is 15.1. The van der Waals surface area contributed by atoms with E-state index >= 15 is 0 Å². The molecule has 1 unspecified atom stereocenters. The third-order valence-electron chi connectivity index (χ3n) is 2.43. The lowest BCUT2D eigenvalue weighted by Crippen LogP contribution is -2.14. The molecule has 0 aliphatic carbocycles. The van der Waals surface area contributed by atoms with Gasteiger partial charge >= 0.3 is 0 Å². The van der Waals surface area contributed by atoms with Crippen LogP contribution in [-0.2, 0) is 0 Å². The molecule has 5 heteroatoms. The molecule has 0 amide bonds. The molecule has 0 spiro atoms. The predicted octanol–water partition coefficient (Wildman–Crippen LogP) is 0.331. The highest BCUT2D eigenvalue weighted by molar-refractivity contribution is 4.99. The van der Waals surface area contributed by atoms with Crippen molar-refractivity contribution in [3.63, 3.8) is 0 Å². The first-order valence-corrected chi connectivity index (χ1v) is 4.77. The zero-order valence-electron chi connectivity index (χ0n) is 8.06. The molecule has 1 aliphatic rings. The van der Waals surface area contributed by atoms with E-state index in [-0.39, 0.29) is 0 Å². The molecule has 0 bridgehead atoms. The van der Waals surface area contributed by atoms with Crippen LogP contribution in [0.5, 0.6) is 0 Å². The molecule has 2 rings (SSSR count). The van der Waals surface area contributed by atoms with Gasteiger partial charge < -0.3 is 5.32 Å². The van der Waals surface area contributed by atoms with E-state index < -0.39 is 0 Å². The number of tetrazole rings is 1. The third-order valence-corrected chi connectivity index (χ3v) is 2.43. The standard InChI is InChI=1S/C8H15N5/c1-6(2)13-8(10-11-12-13)7-3-4-9-5-7/h6-7,9H,3-5H2,1-2H3. The van der Waals surface area contributed by atoms with E-state index in [1.54, 1.807) is 0 Å². The zero-order chi connectivity index (χ0) is 9.26. The maximum Gasteiger partial charge on any atom is 0.155 e. The highest BCUT2D eigenvalue weighted by atomic mass is 15.5. The molecule has 1 atom stereocenters. The number of hydrogen-bond donors (Lipinski definition) is 1. The van der Waals surface area contributed by atoms with Crippen LogP contribution < -0.4 is 5.32 Å². The molecule has 1 saturated heterocycles. The van der Waals surface area contributed by atoms with Gasteiger partial charge in [-0.15, -0.1) is 5.10 Å². The Morgan fingerprint density at radius 3 is 3.00 bits per heavy atom. The second kappa shape index (κ2) is 3.41. The van der Waals surface area contributed by atoms with Gasteiger partial charge in [-0.25, -0.2) is 4.68 Å². The summed E-state index contributed by atoms with van der Waals surface area (Å²) in [6.45, 7) is 6.28. The summed E-state index contributed by atoms with van der Waals surface area (Å²) in [7, 11) is 0. The van der Waals surface area contributed by atoms with Gasteiger partial charge in [0.15, 0.2) is 5.82 Å².